The van der Waals surface area contributed by atoms with Crippen molar-refractivity contribution in [2.45, 2.75) is 38.0 Å². The minimum atomic E-state index is -0.111. The van der Waals surface area contributed by atoms with Gasteiger partial charge < -0.3 is 10.6 Å². The number of thioether (sulfide) groups is 1. The smallest absolute Gasteiger partial charge is 0.146 e. The molecule has 1 aromatic rings. The molecule has 4 heteroatoms. The van der Waals surface area contributed by atoms with E-state index in [0.717, 1.165) is 42.9 Å². The molecule has 0 saturated carbocycles. The molecule has 19 heavy (non-hydrogen) atoms. The van der Waals surface area contributed by atoms with Gasteiger partial charge in [-0.1, -0.05) is 13.0 Å². The maximum atomic E-state index is 14.2. The van der Waals surface area contributed by atoms with Gasteiger partial charge in [0.25, 0.3) is 0 Å². The van der Waals surface area contributed by atoms with Gasteiger partial charge in [-0.15, -0.1) is 0 Å². The van der Waals surface area contributed by atoms with Gasteiger partial charge in [-0.25, -0.2) is 4.39 Å². The monoisotopic (exact) mass is 282 g/mol. The van der Waals surface area contributed by atoms with Crippen LogP contribution >= 0.6 is 11.8 Å². The van der Waals surface area contributed by atoms with Crippen LogP contribution in [0.1, 0.15) is 25.8 Å². The van der Waals surface area contributed by atoms with Gasteiger partial charge in [-0.2, -0.15) is 11.8 Å². The molecular weight excluding hydrogens is 259 g/mol. The Kier molecular flexibility index (Phi) is 5.11. The fraction of sp³-hybridized carbons (Fsp3) is 0.600. The Labute approximate surface area is 119 Å². The first-order chi connectivity index (χ1) is 9.10. The number of halogens is 1. The van der Waals surface area contributed by atoms with Gasteiger partial charge in [0.1, 0.15) is 5.82 Å². The molecule has 0 bridgehead atoms. The lowest BCUT2D eigenvalue weighted by Crippen LogP contribution is -2.38. The summed E-state index contributed by atoms with van der Waals surface area (Å²) in [6, 6.07) is 5.63. The summed E-state index contributed by atoms with van der Waals surface area (Å²) in [6.45, 7) is 6.03. The molecule has 1 saturated heterocycles. The van der Waals surface area contributed by atoms with Crippen LogP contribution in [0, 0.1) is 5.82 Å². The van der Waals surface area contributed by atoms with E-state index in [2.05, 4.69) is 11.8 Å². The normalized spacial score (nSPS) is 21.5. The molecular formula is C15H23FN2S. The van der Waals surface area contributed by atoms with Crippen molar-refractivity contribution in [1.29, 1.82) is 0 Å². The number of rotatable bonds is 4. The van der Waals surface area contributed by atoms with Gasteiger partial charge in [0.05, 0.1) is 5.69 Å². The van der Waals surface area contributed by atoms with Gasteiger partial charge in [0.15, 0.2) is 0 Å². The second-order valence-electron chi connectivity index (χ2n) is 5.31. The predicted molar refractivity (Wildman–Crippen MR) is 82.5 cm³/mol. The molecule has 0 spiro atoms. The van der Waals surface area contributed by atoms with E-state index in [9.17, 15) is 4.39 Å². The molecule has 0 amide bonds. The standard InChI is InChI=1S/C15H23FN2S/c1-3-13-10-18(6-7-19-13)15-5-4-12(8-11(2)17)9-14(15)16/h4-5,9,11,13H,3,6-8,10,17H2,1-2H3. The maximum absolute atomic E-state index is 14.2. The van der Waals surface area contributed by atoms with Crippen LogP contribution < -0.4 is 10.6 Å². The molecule has 2 nitrogen and oxygen atoms in total. The van der Waals surface area contributed by atoms with Gasteiger partial charge >= 0.3 is 0 Å². The SMILES string of the molecule is CCC1CN(c2ccc(CC(C)N)cc2F)CCS1. The largest absolute Gasteiger partial charge is 0.367 e. The van der Waals surface area contributed by atoms with Gasteiger partial charge in [-0.05, 0) is 37.5 Å². The first-order valence-corrected chi connectivity index (χ1v) is 8.05. The van der Waals surface area contributed by atoms with Crippen molar-refractivity contribution in [3.8, 4) is 0 Å². The van der Waals surface area contributed by atoms with Crippen LogP contribution in [0.15, 0.2) is 18.2 Å². The fourth-order valence-electron chi connectivity index (χ4n) is 2.49. The van der Waals surface area contributed by atoms with Crippen molar-refractivity contribution in [2.75, 3.05) is 23.7 Å². The number of hydrogen-bond acceptors (Lipinski definition) is 3. The van der Waals surface area contributed by atoms with Crippen molar-refractivity contribution >= 4 is 17.4 Å². The predicted octanol–water partition coefficient (Wildman–Crippen LogP) is 3.05. The van der Waals surface area contributed by atoms with Crippen LogP contribution in [0.2, 0.25) is 0 Å². The van der Waals surface area contributed by atoms with Crippen molar-refractivity contribution in [3.05, 3.63) is 29.6 Å². The Bertz CT molecular complexity index is 423. The number of nitrogens with two attached hydrogens (primary N) is 1. The van der Waals surface area contributed by atoms with Crippen LogP contribution in [-0.4, -0.2) is 30.1 Å². The van der Waals surface area contributed by atoms with Crippen molar-refractivity contribution in [2.24, 2.45) is 5.73 Å². The lowest BCUT2D eigenvalue weighted by Gasteiger charge is -2.34. The average Bonchev–Trinajstić information content (AvgIpc) is 2.38. The lowest BCUT2D eigenvalue weighted by atomic mass is 10.1. The highest BCUT2D eigenvalue weighted by molar-refractivity contribution is 8.00. The molecule has 0 aliphatic carbocycles. The van der Waals surface area contributed by atoms with Gasteiger partial charge in [-0.3, -0.25) is 0 Å². The molecule has 106 valence electrons. The third-order valence-electron chi connectivity index (χ3n) is 3.50. The molecule has 0 aromatic heterocycles. The molecule has 2 unspecified atom stereocenters. The van der Waals surface area contributed by atoms with Crippen LogP contribution in [0.3, 0.4) is 0 Å². The summed E-state index contributed by atoms with van der Waals surface area (Å²) in [7, 11) is 0. The van der Waals surface area contributed by atoms with E-state index in [1.54, 1.807) is 6.07 Å². The zero-order chi connectivity index (χ0) is 13.8. The third kappa shape index (κ3) is 3.86. The summed E-state index contributed by atoms with van der Waals surface area (Å²) >= 11 is 2.00. The minimum Gasteiger partial charge on any atom is -0.367 e. The van der Waals surface area contributed by atoms with Crippen LogP contribution in [0.25, 0.3) is 0 Å². The fourth-order valence-corrected chi connectivity index (χ4v) is 3.67. The molecule has 2 rings (SSSR count). The molecule has 0 radical (unpaired) electrons. The second kappa shape index (κ2) is 6.62. The van der Waals surface area contributed by atoms with E-state index in [4.69, 9.17) is 5.73 Å². The zero-order valence-electron chi connectivity index (χ0n) is 11.7. The molecule has 1 aromatic carbocycles. The highest BCUT2D eigenvalue weighted by atomic mass is 32.2. The number of anilines is 1. The van der Waals surface area contributed by atoms with E-state index < -0.39 is 0 Å². The zero-order valence-corrected chi connectivity index (χ0v) is 12.5. The van der Waals surface area contributed by atoms with Crippen molar-refractivity contribution in [3.63, 3.8) is 0 Å². The highest BCUT2D eigenvalue weighted by Gasteiger charge is 2.21. The number of hydrogen-bond donors (Lipinski definition) is 1. The van der Waals surface area contributed by atoms with E-state index in [-0.39, 0.29) is 11.9 Å². The minimum absolute atomic E-state index is 0.0705. The van der Waals surface area contributed by atoms with Crippen LogP contribution in [-0.2, 0) is 6.42 Å². The molecule has 2 atom stereocenters. The molecule has 1 heterocycles. The summed E-state index contributed by atoms with van der Waals surface area (Å²) in [4.78, 5) is 2.18. The summed E-state index contributed by atoms with van der Waals surface area (Å²) < 4.78 is 14.2. The van der Waals surface area contributed by atoms with Crippen LogP contribution in [0.5, 0.6) is 0 Å². The first-order valence-electron chi connectivity index (χ1n) is 7.00. The van der Waals surface area contributed by atoms with E-state index >= 15 is 0 Å². The van der Waals surface area contributed by atoms with E-state index in [1.807, 2.05) is 30.8 Å². The summed E-state index contributed by atoms with van der Waals surface area (Å²) in [5.74, 6) is 0.972. The lowest BCUT2D eigenvalue weighted by molar-refractivity contribution is 0.609. The Balaban J connectivity index is 2.11. The number of nitrogens with zero attached hydrogens (tertiary/aromatic N) is 1. The van der Waals surface area contributed by atoms with Gasteiger partial charge in [0.2, 0.25) is 0 Å². The first kappa shape index (κ1) is 14.7. The Morgan fingerprint density at radius 1 is 1.53 bits per heavy atom. The van der Waals surface area contributed by atoms with Crippen molar-refractivity contribution in [1.82, 2.24) is 0 Å². The van der Waals surface area contributed by atoms with E-state index in [1.165, 1.54) is 0 Å². The summed E-state index contributed by atoms with van der Waals surface area (Å²) in [5, 5.41) is 0.622. The van der Waals surface area contributed by atoms with Crippen molar-refractivity contribution < 1.29 is 4.39 Å². The average molecular weight is 282 g/mol. The summed E-state index contributed by atoms with van der Waals surface area (Å²) in [5.41, 5.74) is 7.48. The quantitative estimate of drug-likeness (QED) is 0.920. The van der Waals surface area contributed by atoms with Crippen LogP contribution in [0.4, 0.5) is 10.1 Å². The van der Waals surface area contributed by atoms with Gasteiger partial charge in [0, 0.05) is 30.1 Å². The molecule has 1 fully saturated rings. The Hall–Kier alpha value is -0.740. The molecule has 1 aliphatic heterocycles. The highest BCUT2D eigenvalue weighted by Crippen LogP contribution is 2.28. The second-order valence-corrected chi connectivity index (χ2v) is 6.72. The molecule has 2 N–H and O–H groups in total. The summed E-state index contributed by atoms with van der Waals surface area (Å²) in [6.07, 6.45) is 1.87. The number of benzene rings is 1. The topological polar surface area (TPSA) is 29.3 Å². The van der Waals surface area contributed by atoms with E-state index in [0.29, 0.717) is 5.25 Å². The Morgan fingerprint density at radius 2 is 2.32 bits per heavy atom. The Morgan fingerprint density at radius 3 is 2.95 bits per heavy atom. The molecule has 1 aliphatic rings. The maximum Gasteiger partial charge on any atom is 0.146 e. The third-order valence-corrected chi connectivity index (χ3v) is 4.88.